The fraction of sp³-hybridized carbons (Fsp3) is 0.500. The number of hydrogen-bond donors (Lipinski definition) is 1. The second-order valence-corrected chi connectivity index (χ2v) is 5.09. The van der Waals surface area contributed by atoms with E-state index in [1.165, 1.54) is 0 Å². The second-order valence-electron chi connectivity index (χ2n) is 4.68. The summed E-state index contributed by atoms with van der Waals surface area (Å²) in [5.74, 6) is 0.259. The molecule has 1 aromatic rings. The molecule has 1 aliphatic carbocycles. The molecule has 1 atom stereocenters. The van der Waals surface area contributed by atoms with Crippen molar-refractivity contribution in [2.45, 2.75) is 31.3 Å². The van der Waals surface area contributed by atoms with Crippen LogP contribution in [0.3, 0.4) is 0 Å². The van der Waals surface area contributed by atoms with E-state index in [4.69, 9.17) is 11.6 Å². The number of anilines is 1. The highest BCUT2D eigenvalue weighted by molar-refractivity contribution is 6.33. The highest BCUT2D eigenvalue weighted by atomic mass is 35.5. The minimum atomic E-state index is 0.169. The van der Waals surface area contributed by atoms with Gasteiger partial charge < -0.3 is 10.2 Å². The van der Waals surface area contributed by atoms with Gasteiger partial charge in [0.15, 0.2) is 0 Å². The van der Waals surface area contributed by atoms with Gasteiger partial charge in [-0.05, 0) is 18.9 Å². The summed E-state index contributed by atoms with van der Waals surface area (Å²) in [5.41, 5.74) is 0.858. The van der Waals surface area contributed by atoms with Crippen molar-refractivity contribution in [2.75, 3.05) is 11.9 Å². The summed E-state index contributed by atoms with van der Waals surface area (Å²) < 4.78 is 0. The van der Waals surface area contributed by atoms with Crippen molar-refractivity contribution in [1.29, 1.82) is 0 Å². The molecular weight excluding hydrogens is 238 g/mol. The van der Waals surface area contributed by atoms with Crippen LogP contribution in [0.5, 0.6) is 0 Å². The maximum atomic E-state index is 11.8. The first-order valence-electron chi connectivity index (χ1n) is 5.89. The van der Waals surface area contributed by atoms with E-state index in [0.29, 0.717) is 17.5 Å². The fourth-order valence-electron chi connectivity index (χ4n) is 2.28. The van der Waals surface area contributed by atoms with Crippen molar-refractivity contribution in [2.24, 2.45) is 0 Å². The number of nitrogens with zero attached hydrogens (tertiary/aromatic N) is 2. The number of aromatic nitrogens is 1. The van der Waals surface area contributed by atoms with Crippen molar-refractivity contribution in [3.05, 3.63) is 23.5 Å². The van der Waals surface area contributed by atoms with Gasteiger partial charge >= 0.3 is 0 Å². The number of likely N-dealkylation sites (tertiary alicyclic amines) is 1. The number of carbonyl (C=O) groups is 1. The van der Waals surface area contributed by atoms with E-state index in [0.717, 1.165) is 25.1 Å². The molecule has 5 heteroatoms. The van der Waals surface area contributed by atoms with Gasteiger partial charge in [0.2, 0.25) is 5.91 Å². The minimum absolute atomic E-state index is 0.169. The first-order chi connectivity index (χ1) is 8.24. The van der Waals surface area contributed by atoms with Crippen LogP contribution in [0.2, 0.25) is 5.02 Å². The topological polar surface area (TPSA) is 45.2 Å². The molecule has 4 nitrogen and oxygen atoms in total. The van der Waals surface area contributed by atoms with Crippen LogP contribution in [-0.4, -0.2) is 34.4 Å². The third-order valence-electron chi connectivity index (χ3n) is 3.28. The normalized spacial score (nSPS) is 24.2. The number of amides is 1. The highest BCUT2D eigenvalue weighted by Crippen LogP contribution is 2.32. The van der Waals surface area contributed by atoms with Gasteiger partial charge in [-0.1, -0.05) is 11.6 Å². The Morgan fingerprint density at radius 3 is 3.00 bits per heavy atom. The summed E-state index contributed by atoms with van der Waals surface area (Å²) in [5, 5.41) is 3.92. The first kappa shape index (κ1) is 10.8. The van der Waals surface area contributed by atoms with Gasteiger partial charge in [0, 0.05) is 31.4 Å². The van der Waals surface area contributed by atoms with E-state index >= 15 is 0 Å². The minimum Gasteiger partial charge on any atom is -0.379 e. The summed E-state index contributed by atoms with van der Waals surface area (Å²) in [6.45, 7) is 0.794. The predicted molar refractivity (Wildman–Crippen MR) is 66.0 cm³/mol. The molecule has 1 unspecified atom stereocenters. The third kappa shape index (κ3) is 2.22. The number of nitrogens with one attached hydrogen (secondary N) is 1. The van der Waals surface area contributed by atoms with Crippen LogP contribution in [0.25, 0.3) is 0 Å². The molecule has 0 aromatic carbocycles. The molecule has 17 heavy (non-hydrogen) atoms. The molecule has 1 aromatic heterocycles. The molecule has 1 saturated heterocycles. The van der Waals surface area contributed by atoms with Crippen LogP contribution in [0.4, 0.5) is 5.69 Å². The first-order valence-corrected chi connectivity index (χ1v) is 6.27. The predicted octanol–water partition coefficient (Wildman–Crippen LogP) is 1.91. The van der Waals surface area contributed by atoms with Gasteiger partial charge in [-0.2, -0.15) is 0 Å². The van der Waals surface area contributed by atoms with E-state index in [9.17, 15) is 4.79 Å². The van der Waals surface area contributed by atoms with Gasteiger partial charge in [-0.25, -0.2) is 0 Å². The third-order valence-corrected chi connectivity index (χ3v) is 3.58. The molecule has 90 valence electrons. The lowest BCUT2D eigenvalue weighted by Crippen LogP contribution is -2.29. The van der Waals surface area contributed by atoms with E-state index in [1.54, 1.807) is 12.4 Å². The maximum absolute atomic E-state index is 11.8. The van der Waals surface area contributed by atoms with Gasteiger partial charge in [0.05, 0.1) is 16.8 Å². The van der Waals surface area contributed by atoms with Crippen LogP contribution < -0.4 is 5.32 Å². The van der Waals surface area contributed by atoms with E-state index in [-0.39, 0.29) is 11.9 Å². The fourth-order valence-corrected chi connectivity index (χ4v) is 2.45. The lowest BCUT2D eigenvalue weighted by Gasteiger charge is -2.17. The Kier molecular flexibility index (Phi) is 2.67. The van der Waals surface area contributed by atoms with Crippen LogP contribution >= 0.6 is 11.6 Å². The lowest BCUT2D eigenvalue weighted by molar-refractivity contribution is -0.128. The smallest absolute Gasteiger partial charge is 0.225 e. The number of pyridine rings is 1. The Bertz CT molecular complexity index is 447. The molecule has 0 spiro atoms. The van der Waals surface area contributed by atoms with E-state index in [1.807, 2.05) is 11.0 Å². The molecular formula is C12H14ClN3O. The summed E-state index contributed by atoms with van der Waals surface area (Å²) in [6, 6.07) is 2.51. The molecule has 2 aliphatic rings. The van der Waals surface area contributed by atoms with Crippen LogP contribution in [0.15, 0.2) is 18.5 Å². The van der Waals surface area contributed by atoms with Crippen LogP contribution in [-0.2, 0) is 4.79 Å². The quantitative estimate of drug-likeness (QED) is 0.893. The van der Waals surface area contributed by atoms with Crippen molar-refractivity contribution in [1.82, 2.24) is 9.88 Å². The van der Waals surface area contributed by atoms with Gasteiger partial charge in [-0.15, -0.1) is 0 Å². The summed E-state index contributed by atoms with van der Waals surface area (Å²) in [7, 11) is 0. The molecule has 1 saturated carbocycles. The molecule has 1 amide bonds. The standard InChI is InChI=1S/C12H14ClN3O/c13-10-6-14-4-3-11(10)15-8-5-12(17)16(7-8)9-1-2-9/h3-4,6,8-9H,1-2,5,7H2,(H,14,15). The largest absolute Gasteiger partial charge is 0.379 e. The zero-order chi connectivity index (χ0) is 11.8. The molecule has 0 radical (unpaired) electrons. The van der Waals surface area contributed by atoms with E-state index < -0.39 is 0 Å². The monoisotopic (exact) mass is 251 g/mol. The zero-order valence-corrected chi connectivity index (χ0v) is 10.2. The molecule has 2 fully saturated rings. The number of rotatable bonds is 3. The van der Waals surface area contributed by atoms with Crippen molar-refractivity contribution in [3.63, 3.8) is 0 Å². The van der Waals surface area contributed by atoms with Crippen LogP contribution in [0.1, 0.15) is 19.3 Å². The lowest BCUT2D eigenvalue weighted by atomic mass is 10.2. The van der Waals surface area contributed by atoms with Gasteiger partial charge in [0.1, 0.15) is 0 Å². The zero-order valence-electron chi connectivity index (χ0n) is 9.40. The average Bonchev–Trinajstić information content (AvgIpc) is 3.07. The Balaban J connectivity index is 1.67. The van der Waals surface area contributed by atoms with Gasteiger partial charge in [-0.3, -0.25) is 9.78 Å². The number of halogens is 1. The summed E-state index contributed by atoms with van der Waals surface area (Å²) in [4.78, 5) is 17.7. The SMILES string of the molecule is O=C1CC(Nc2ccncc2Cl)CN1C1CC1. The van der Waals surface area contributed by atoms with Crippen molar-refractivity contribution < 1.29 is 4.79 Å². The molecule has 2 heterocycles. The summed E-state index contributed by atoms with van der Waals surface area (Å²) >= 11 is 6.03. The second kappa shape index (κ2) is 4.18. The molecule has 3 rings (SSSR count). The molecule has 1 N–H and O–H groups in total. The average molecular weight is 252 g/mol. The number of hydrogen-bond acceptors (Lipinski definition) is 3. The Morgan fingerprint density at radius 1 is 1.47 bits per heavy atom. The Hall–Kier alpha value is -1.29. The van der Waals surface area contributed by atoms with Crippen molar-refractivity contribution >= 4 is 23.2 Å². The molecule has 0 bridgehead atoms. The van der Waals surface area contributed by atoms with Gasteiger partial charge in [0.25, 0.3) is 0 Å². The van der Waals surface area contributed by atoms with E-state index in [2.05, 4.69) is 10.3 Å². The summed E-state index contributed by atoms with van der Waals surface area (Å²) in [6.07, 6.45) is 6.20. The Labute approximate surface area is 105 Å². The highest BCUT2D eigenvalue weighted by Gasteiger charge is 2.39. The Morgan fingerprint density at radius 2 is 2.29 bits per heavy atom. The number of carbonyl (C=O) groups excluding carboxylic acids is 1. The maximum Gasteiger partial charge on any atom is 0.225 e. The van der Waals surface area contributed by atoms with Crippen molar-refractivity contribution in [3.8, 4) is 0 Å². The van der Waals surface area contributed by atoms with Crippen LogP contribution in [0, 0.1) is 0 Å². The molecule has 1 aliphatic heterocycles.